The van der Waals surface area contributed by atoms with Crippen LogP contribution in [-0.2, 0) is 4.74 Å². The number of rotatable bonds is 3. The zero-order valence-electron chi connectivity index (χ0n) is 9.70. The summed E-state index contributed by atoms with van der Waals surface area (Å²) in [5, 5.41) is 0. The van der Waals surface area contributed by atoms with E-state index in [9.17, 15) is 0 Å². The van der Waals surface area contributed by atoms with Crippen molar-refractivity contribution in [2.24, 2.45) is 16.6 Å². The smallest absolute Gasteiger partial charge is 0.191 e. The van der Waals surface area contributed by atoms with Gasteiger partial charge in [0, 0.05) is 13.7 Å². The Morgan fingerprint density at radius 3 is 3.07 bits per heavy atom. The highest BCUT2D eigenvalue weighted by Crippen LogP contribution is 2.41. The van der Waals surface area contributed by atoms with E-state index in [4.69, 9.17) is 10.5 Å². The fourth-order valence-corrected chi connectivity index (χ4v) is 2.93. The van der Waals surface area contributed by atoms with Gasteiger partial charge in [-0.25, -0.2) is 0 Å². The van der Waals surface area contributed by atoms with Crippen molar-refractivity contribution in [1.82, 2.24) is 4.90 Å². The fraction of sp³-hybridized carbons (Fsp3) is 0.909. The summed E-state index contributed by atoms with van der Waals surface area (Å²) < 4.78 is 5.13. The molecule has 1 heterocycles. The van der Waals surface area contributed by atoms with Gasteiger partial charge in [-0.05, 0) is 25.2 Å². The Hall–Kier alpha value is -0.770. The molecule has 0 aromatic carbocycles. The molecular formula is C11H21N3O. The summed E-state index contributed by atoms with van der Waals surface area (Å²) >= 11 is 0. The Kier molecular flexibility index (Phi) is 2.87. The van der Waals surface area contributed by atoms with Gasteiger partial charge in [0.2, 0.25) is 0 Å². The highest BCUT2D eigenvalue weighted by Gasteiger charge is 2.46. The van der Waals surface area contributed by atoms with Crippen LogP contribution in [0.1, 0.15) is 26.2 Å². The van der Waals surface area contributed by atoms with Crippen molar-refractivity contribution in [2.75, 3.05) is 26.8 Å². The molecule has 4 nitrogen and oxygen atoms in total. The second-order valence-electron chi connectivity index (χ2n) is 4.89. The molecular weight excluding hydrogens is 190 g/mol. The third-order valence-corrected chi connectivity index (χ3v) is 3.73. The zero-order chi connectivity index (χ0) is 10.9. The van der Waals surface area contributed by atoms with E-state index < -0.39 is 0 Å². The average Bonchev–Trinajstić information content (AvgIpc) is 2.72. The predicted molar refractivity (Wildman–Crippen MR) is 60.8 cm³/mol. The molecule has 0 aromatic heterocycles. The van der Waals surface area contributed by atoms with Crippen molar-refractivity contribution in [3.8, 4) is 0 Å². The molecule has 4 heteroatoms. The van der Waals surface area contributed by atoms with Crippen LogP contribution in [0.5, 0.6) is 0 Å². The number of nitrogens with two attached hydrogens (primary N) is 1. The first-order chi connectivity index (χ1) is 7.18. The summed E-state index contributed by atoms with van der Waals surface area (Å²) in [6, 6.07) is 0. The maximum absolute atomic E-state index is 5.94. The molecule has 15 heavy (non-hydrogen) atoms. The van der Waals surface area contributed by atoms with Crippen molar-refractivity contribution in [3.63, 3.8) is 0 Å². The van der Waals surface area contributed by atoms with Gasteiger partial charge in [-0.2, -0.15) is 0 Å². The summed E-state index contributed by atoms with van der Waals surface area (Å²) in [5.41, 5.74) is 6.16. The average molecular weight is 211 g/mol. The quantitative estimate of drug-likeness (QED) is 0.752. The summed E-state index contributed by atoms with van der Waals surface area (Å²) in [7, 11) is 1.73. The summed E-state index contributed by atoms with van der Waals surface area (Å²) in [4.78, 5) is 6.67. The predicted octanol–water partition coefficient (Wildman–Crippen LogP) is 0.822. The van der Waals surface area contributed by atoms with E-state index >= 15 is 0 Å². The third-order valence-electron chi connectivity index (χ3n) is 3.73. The first kappa shape index (κ1) is 10.7. The third kappa shape index (κ3) is 1.83. The van der Waals surface area contributed by atoms with E-state index in [0.29, 0.717) is 5.96 Å². The number of hydrogen-bond donors (Lipinski definition) is 1. The monoisotopic (exact) mass is 211 g/mol. The molecule has 1 aliphatic heterocycles. The van der Waals surface area contributed by atoms with E-state index in [0.717, 1.165) is 25.6 Å². The molecule has 2 aliphatic rings. The van der Waals surface area contributed by atoms with Crippen LogP contribution in [0.4, 0.5) is 0 Å². The standard InChI is InChI=1S/C11H21N3O/c1-9-3-4-11(7-9)8-13-10(12)14(11)5-6-15-2/h9H,3-8H2,1-2H3,(H2,12,13). The van der Waals surface area contributed by atoms with Crippen molar-refractivity contribution in [1.29, 1.82) is 0 Å². The lowest BCUT2D eigenvalue weighted by atomic mass is 9.95. The molecule has 2 N–H and O–H groups in total. The molecule has 1 spiro atoms. The van der Waals surface area contributed by atoms with Gasteiger partial charge >= 0.3 is 0 Å². The normalized spacial score (nSPS) is 35.2. The van der Waals surface area contributed by atoms with Gasteiger partial charge in [0.25, 0.3) is 0 Å². The molecule has 0 amide bonds. The number of methoxy groups -OCH3 is 1. The zero-order valence-corrected chi connectivity index (χ0v) is 9.70. The SMILES string of the molecule is COCCN1C(N)=NCC12CCC(C)C2. The number of ether oxygens (including phenoxy) is 1. The molecule has 2 unspecified atom stereocenters. The molecule has 0 saturated heterocycles. The van der Waals surface area contributed by atoms with Crippen molar-refractivity contribution in [3.05, 3.63) is 0 Å². The van der Waals surface area contributed by atoms with Gasteiger partial charge < -0.3 is 15.4 Å². The first-order valence-electron chi connectivity index (χ1n) is 5.74. The second kappa shape index (κ2) is 4.00. The Labute approximate surface area is 91.5 Å². The van der Waals surface area contributed by atoms with Crippen LogP contribution in [0, 0.1) is 5.92 Å². The molecule has 1 aliphatic carbocycles. The minimum atomic E-state index is 0.224. The van der Waals surface area contributed by atoms with Crippen molar-refractivity contribution < 1.29 is 4.74 Å². The molecule has 0 radical (unpaired) electrons. The molecule has 2 rings (SSSR count). The van der Waals surface area contributed by atoms with Gasteiger partial charge in [0.1, 0.15) is 0 Å². The minimum Gasteiger partial charge on any atom is -0.383 e. The van der Waals surface area contributed by atoms with Crippen LogP contribution in [-0.4, -0.2) is 43.2 Å². The largest absolute Gasteiger partial charge is 0.383 e. The lowest BCUT2D eigenvalue weighted by Gasteiger charge is -2.36. The fourth-order valence-electron chi connectivity index (χ4n) is 2.93. The Balaban J connectivity index is 2.06. The molecule has 86 valence electrons. The van der Waals surface area contributed by atoms with E-state index in [1.807, 2.05) is 0 Å². The van der Waals surface area contributed by atoms with E-state index in [-0.39, 0.29) is 5.54 Å². The van der Waals surface area contributed by atoms with E-state index in [1.165, 1.54) is 19.3 Å². The maximum atomic E-state index is 5.94. The van der Waals surface area contributed by atoms with Crippen LogP contribution in [0.25, 0.3) is 0 Å². The number of nitrogens with zero attached hydrogens (tertiary/aromatic N) is 2. The van der Waals surface area contributed by atoms with Gasteiger partial charge in [-0.3, -0.25) is 4.99 Å². The number of hydrogen-bond acceptors (Lipinski definition) is 4. The van der Waals surface area contributed by atoms with E-state index in [1.54, 1.807) is 7.11 Å². The second-order valence-corrected chi connectivity index (χ2v) is 4.89. The van der Waals surface area contributed by atoms with Gasteiger partial charge in [0.05, 0.1) is 18.7 Å². The Bertz CT molecular complexity index is 267. The highest BCUT2D eigenvalue weighted by molar-refractivity contribution is 5.81. The van der Waals surface area contributed by atoms with Crippen LogP contribution >= 0.6 is 0 Å². The summed E-state index contributed by atoms with van der Waals surface area (Å²) in [6.07, 6.45) is 3.75. The molecule has 1 fully saturated rings. The lowest BCUT2D eigenvalue weighted by molar-refractivity contribution is 0.129. The van der Waals surface area contributed by atoms with Gasteiger partial charge in [0.15, 0.2) is 5.96 Å². The molecule has 2 atom stereocenters. The Morgan fingerprint density at radius 1 is 1.67 bits per heavy atom. The Morgan fingerprint density at radius 2 is 2.47 bits per heavy atom. The highest BCUT2D eigenvalue weighted by atomic mass is 16.5. The van der Waals surface area contributed by atoms with Crippen LogP contribution in [0.3, 0.4) is 0 Å². The number of aliphatic imine (C=N–C) groups is 1. The first-order valence-corrected chi connectivity index (χ1v) is 5.74. The summed E-state index contributed by atoms with van der Waals surface area (Å²) in [5.74, 6) is 1.51. The van der Waals surface area contributed by atoms with Crippen LogP contribution in [0.2, 0.25) is 0 Å². The molecule has 1 saturated carbocycles. The topological polar surface area (TPSA) is 50.9 Å². The number of guanidine groups is 1. The van der Waals surface area contributed by atoms with Gasteiger partial charge in [-0.1, -0.05) is 6.92 Å². The molecule has 0 aromatic rings. The van der Waals surface area contributed by atoms with Crippen molar-refractivity contribution in [2.45, 2.75) is 31.7 Å². The minimum absolute atomic E-state index is 0.224. The van der Waals surface area contributed by atoms with Crippen LogP contribution in [0.15, 0.2) is 4.99 Å². The maximum Gasteiger partial charge on any atom is 0.191 e. The van der Waals surface area contributed by atoms with Crippen LogP contribution < -0.4 is 5.73 Å². The molecule has 0 bridgehead atoms. The van der Waals surface area contributed by atoms with Crippen molar-refractivity contribution >= 4 is 5.96 Å². The van der Waals surface area contributed by atoms with Gasteiger partial charge in [-0.15, -0.1) is 0 Å². The lowest BCUT2D eigenvalue weighted by Crippen LogP contribution is -2.51. The van der Waals surface area contributed by atoms with E-state index in [2.05, 4.69) is 16.8 Å². The summed E-state index contributed by atoms with van der Waals surface area (Å²) in [6.45, 7) is 4.80.